The van der Waals surface area contributed by atoms with Gasteiger partial charge in [0.1, 0.15) is 84.6 Å². The number of thioether (sulfide) groups is 3. The average molecular weight is 1750 g/mol. The van der Waals surface area contributed by atoms with Gasteiger partial charge in [-0.2, -0.15) is 35.3 Å². The van der Waals surface area contributed by atoms with Crippen molar-refractivity contribution in [3.8, 4) is 0 Å². The van der Waals surface area contributed by atoms with Gasteiger partial charge in [0.15, 0.2) is 5.96 Å². The fraction of sp³-hybridized carbons (Fsp3) is 0.718. The number of guanidine groups is 1. The summed E-state index contributed by atoms with van der Waals surface area (Å²) in [5.41, 5.74) is 38.8. The molecular formula is C71H126N22O23S3. The Morgan fingerprint density at radius 3 is 0.975 bits per heavy atom. The number of carboxylic acid groups (broad SMARTS) is 1. The van der Waals surface area contributed by atoms with Gasteiger partial charge < -0.3 is 135 Å². The highest BCUT2D eigenvalue weighted by atomic mass is 32.2. The molecule has 0 spiro atoms. The van der Waals surface area contributed by atoms with Crippen molar-refractivity contribution in [2.45, 2.75) is 248 Å². The Morgan fingerprint density at radius 1 is 0.353 bits per heavy atom. The Kier molecular flexibility index (Phi) is 53.2. The lowest BCUT2D eigenvalue weighted by Gasteiger charge is -2.29. The van der Waals surface area contributed by atoms with E-state index in [2.05, 4.69) is 79.4 Å². The molecular weight excluding hydrogens is 1630 g/mol. The van der Waals surface area contributed by atoms with Crippen LogP contribution in [0.3, 0.4) is 0 Å². The van der Waals surface area contributed by atoms with E-state index in [1.165, 1.54) is 56.1 Å². The van der Waals surface area contributed by atoms with Crippen LogP contribution in [0.15, 0.2) is 4.99 Å². The molecule has 0 aliphatic carbocycles. The molecule has 17 atom stereocenters. The van der Waals surface area contributed by atoms with Crippen molar-refractivity contribution < 1.29 is 112 Å². The third-order valence-electron chi connectivity index (χ3n) is 18.1. The Balaban J connectivity index is 7.07. The maximum absolute atomic E-state index is 14.5. The van der Waals surface area contributed by atoms with Gasteiger partial charge >= 0.3 is 5.97 Å². The smallest absolute Gasteiger partial charge is 0.326 e. The third kappa shape index (κ3) is 43.6. The minimum absolute atomic E-state index is 0.0369. The summed E-state index contributed by atoms with van der Waals surface area (Å²) in [4.78, 5) is 259. The summed E-state index contributed by atoms with van der Waals surface area (Å²) in [6.07, 6.45) is -1.12. The van der Waals surface area contributed by atoms with Gasteiger partial charge in [-0.3, -0.25) is 91.3 Å². The van der Waals surface area contributed by atoms with Gasteiger partial charge in [0.05, 0.1) is 25.4 Å². The van der Waals surface area contributed by atoms with Crippen LogP contribution in [-0.2, 0) is 91.1 Å². The van der Waals surface area contributed by atoms with Gasteiger partial charge in [-0.25, -0.2) is 4.79 Å². The second kappa shape index (κ2) is 58.1. The summed E-state index contributed by atoms with van der Waals surface area (Å²) in [6, 6.07) is -23.9. The molecule has 0 aliphatic rings. The fourth-order valence-corrected chi connectivity index (χ4v) is 12.3. The number of aliphatic hydroxyl groups excluding tert-OH is 3. The zero-order valence-corrected chi connectivity index (χ0v) is 71.5. The van der Waals surface area contributed by atoms with Crippen LogP contribution in [-0.4, -0.2) is 291 Å². The van der Waals surface area contributed by atoms with Crippen LogP contribution in [0.2, 0.25) is 0 Å². The molecule has 0 aromatic rings. The number of primary amides is 4. The van der Waals surface area contributed by atoms with Crippen molar-refractivity contribution in [3.05, 3.63) is 0 Å². The maximum Gasteiger partial charge on any atom is 0.326 e. The highest BCUT2D eigenvalue weighted by Gasteiger charge is 2.40. The molecule has 0 heterocycles. The number of rotatable bonds is 62. The number of nitrogens with two attached hydrogens (primary N) is 7. The average Bonchev–Trinajstić information content (AvgIpc) is 0.854. The van der Waals surface area contributed by atoms with Crippen molar-refractivity contribution in [2.75, 3.05) is 55.8 Å². The first-order valence-corrected chi connectivity index (χ1v) is 42.7. The van der Waals surface area contributed by atoms with Gasteiger partial charge in [-0.1, -0.05) is 48.0 Å². The zero-order chi connectivity index (χ0) is 91.1. The highest BCUT2D eigenvalue weighted by Crippen LogP contribution is 2.15. The summed E-state index contributed by atoms with van der Waals surface area (Å²) in [7, 11) is 0. The van der Waals surface area contributed by atoms with Crippen LogP contribution in [0.4, 0.5) is 0 Å². The number of carbonyl (C=O) groups is 19. The van der Waals surface area contributed by atoms with Gasteiger partial charge in [0.25, 0.3) is 0 Å². The van der Waals surface area contributed by atoms with Crippen molar-refractivity contribution in [1.82, 2.24) is 74.4 Å². The number of hydrogen-bond donors (Lipinski definition) is 25. The molecule has 0 saturated heterocycles. The minimum atomic E-state index is -2.00. The molecule has 0 aromatic carbocycles. The topological polar surface area (TPSA) is 768 Å². The normalized spacial score (nSPS) is 15.4. The first kappa shape index (κ1) is 109. The standard InChI is InChI=1S/C71H126N22O23S3/c1-12-35(6)53(76)67(112)89-46(30-33(2)3)64(109)90-47(31-94)65(110)91-48(32-95)66(111)92-54(34(4)5)68(113)86-39(15-19-49(72)97)57(102)80-36(7)56(101)81-43(23-27-117-9)61(106)82-38(14-13-26-79-71(77)78)63(108)93-55(37(8)96)69(114)87-42(18-22-52(75)100)59(104)85-44(24-28-118-10)62(107)84-40(16-20-50(73)98)58(103)83-41(17-21-51(74)99)60(105)88-45(70(115)116)25-29-119-11/h33-48,53-55,94-96H,12-32,76H2,1-11H3,(H2,72,97)(H2,73,98)(H2,74,99)(H2,75,100)(H,80,102)(H,81,101)(H,82,106)(H,83,103)(H,84,107)(H,85,104)(H,86,113)(H,87,114)(H,88,105)(H,89,112)(H,90,109)(H,91,110)(H,92,111)(H,93,108)(H,115,116)(H4,77,78,79)/t35-,36-,37+,38-,39-,40-,41-,42-,43-,44-,45-,46-,47-,48-,53-,54-,55-/m0/s1. The highest BCUT2D eigenvalue weighted by molar-refractivity contribution is 7.99. The first-order valence-electron chi connectivity index (χ1n) is 38.5. The predicted octanol–water partition coefficient (Wildman–Crippen LogP) is -9.31. The number of amides is 18. The summed E-state index contributed by atoms with van der Waals surface area (Å²) < 4.78 is 0. The van der Waals surface area contributed by atoms with Crippen LogP contribution in [0.1, 0.15) is 152 Å². The predicted molar refractivity (Wildman–Crippen MR) is 441 cm³/mol. The van der Waals surface area contributed by atoms with Crippen LogP contribution < -0.4 is 115 Å². The number of aliphatic carboxylic acids is 1. The third-order valence-corrected chi connectivity index (χ3v) is 20.1. The lowest BCUT2D eigenvalue weighted by atomic mass is 9.97. The summed E-state index contributed by atoms with van der Waals surface area (Å²) in [5.74, 6) is -21.1. The molecule has 0 saturated carbocycles. The Morgan fingerprint density at radius 2 is 0.639 bits per heavy atom. The van der Waals surface area contributed by atoms with E-state index in [-0.39, 0.29) is 74.4 Å². The molecule has 0 bridgehead atoms. The van der Waals surface area contributed by atoms with Crippen LogP contribution in [0, 0.1) is 17.8 Å². The SMILES string of the molecule is CC[C@H](C)[C@H](N)C(=O)N[C@@H](CC(C)C)C(=O)N[C@@H](CO)C(=O)N[C@@H](CO)C(=O)N[C@H](C(=O)N[C@@H](CCC(N)=O)C(=O)N[C@@H](C)C(=O)N[C@@H](CCSC)C(=O)N[C@@H](CCCN=C(N)N)C(=O)N[C@H](C(=O)N[C@@H](CCC(N)=O)C(=O)N[C@@H](CCSC)C(=O)N[C@@H](CCC(N)=O)C(=O)N[C@@H](CCC(N)=O)C(=O)N[C@@H](CCSC)C(=O)O)[C@@H](C)O)C(C)C. The number of nitrogens with one attached hydrogen (secondary N) is 14. The van der Waals surface area contributed by atoms with Crippen molar-refractivity contribution in [2.24, 2.45) is 62.9 Å². The number of aliphatic hydroxyl groups is 3. The van der Waals surface area contributed by atoms with Gasteiger partial charge in [0.2, 0.25) is 106 Å². The molecule has 676 valence electrons. The van der Waals surface area contributed by atoms with Gasteiger partial charge in [0, 0.05) is 32.2 Å². The van der Waals surface area contributed by atoms with E-state index in [4.69, 9.17) is 40.1 Å². The largest absolute Gasteiger partial charge is 0.480 e. The summed E-state index contributed by atoms with van der Waals surface area (Å²) >= 11 is 3.70. The number of hydrogen-bond acceptors (Lipinski definition) is 27. The van der Waals surface area contributed by atoms with Crippen molar-refractivity contribution >= 4 is 154 Å². The van der Waals surface area contributed by atoms with Crippen LogP contribution in [0.5, 0.6) is 0 Å². The molecule has 0 aliphatic heterocycles. The molecule has 0 aromatic heterocycles. The summed E-state index contributed by atoms with van der Waals surface area (Å²) in [6.45, 7) is 10.0. The minimum Gasteiger partial charge on any atom is -0.480 e. The number of carbonyl (C=O) groups excluding carboxylic acids is 18. The Bertz CT molecular complexity index is 3450. The molecule has 18 amide bonds. The number of aliphatic imine (C=N–C) groups is 1. The maximum atomic E-state index is 14.5. The monoisotopic (exact) mass is 1750 g/mol. The molecule has 45 nitrogen and oxygen atoms in total. The molecule has 32 N–H and O–H groups in total. The molecule has 0 unspecified atom stereocenters. The van der Waals surface area contributed by atoms with Crippen LogP contribution in [0.25, 0.3) is 0 Å². The fourth-order valence-electron chi connectivity index (χ4n) is 10.9. The van der Waals surface area contributed by atoms with E-state index in [9.17, 15) is 112 Å². The Hall–Kier alpha value is -9.91. The van der Waals surface area contributed by atoms with Crippen molar-refractivity contribution in [3.63, 3.8) is 0 Å². The summed E-state index contributed by atoms with van der Waals surface area (Å²) in [5, 5.41) is 74.9. The molecule has 0 fully saturated rings. The van der Waals surface area contributed by atoms with Gasteiger partial charge in [-0.05, 0) is 132 Å². The molecule has 48 heteroatoms. The van der Waals surface area contributed by atoms with Crippen LogP contribution >= 0.6 is 35.3 Å². The van der Waals surface area contributed by atoms with E-state index in [0.717, 1.165) is 6.92 Å². The Labute approximate surface area is 703 Å². The second-order valence-corrected chi connectivity index (χ2v) is 31.9. The molecule has 119 heavy (non-hydrogen) atoms. The van der Waals surface area contributed by atoms with Crippen molar-refractivity contribution in [1.29, 1.82) is 0 Å². The van der Waals surface area contributed by atoms with E-state index < -0.39 is 280 Å². The zero-order valence-electron chi connectivity index (χ0n) is 69.1. The number of nitrogens with zero attached hydrogens (tertiary/aromatic N) is 1. The molecule has 0 rings (SSSR count). The van der Waals surface area contributed by atoms with E-state index in [1.54, 1.807) is 39.5 Å². The van der Waals surface area contributed by atoms with E-state index in [0.29, 0.717) is 12.2 Å². The quantitative estimate of drug-likeness (QED) is 0.0153. The number of carboxylic acids is 1. The first-order chi connectivity index (χ1) is 55.7. The molecule has 0 radical (unpaired) electrons. The van der Waals surface area contributed by atoms with E-state index >= 15 is 0 Å². The van der Waals surface area contributed by atoms with Gasteiger partial charge in [-0.15, -0.1) is 0 Å². The van der Waals surface area contributed by atoms with E-state index in [1.807, 2.05) is 6.92 Å². The lowest BCUT2D eigenvalue weighted by molar-refractivity contribution is -0.142. The second-order valence-electron chi connectivity index (χ2n) is 28.9. The lowest BCUT2D eigenvalue weighted by Crippen LogP contribution is -2.62.